The van der Waals surface area contributed by atoms with E-state index in [0.717, 1.165) is 51.1 Å². The average molecular weight is 320 g/mol. The first-order valence-corrected chi connectivity index (χ1v) is 8.46. The van der Waals surface area contributed by atoms with Crippen LogP contribution in [0.5, 0.6) is 11.5 Å². The van der Waals surface area contributed by atoms with E-state index in [9.17, 15) is 9.90 Å². The quantitative estimate of drug-likeness (QED) is 0.875. The molecule has 5 heteroatoms. The standard InChI is InChI=1S/C18H28N2O3/c1-4-20(5-2)18(22)15-7-6-10-19(13-15)12-14-8-9-17(23-3)16(21)11-14/h8-9,11,15,21H,4-7,10,12-13H2,1-3H3/t15-/m1/s1. The molecule has 0 spiro atoms. The number of ether oxygens (including phenoxy) is 1. The van der Waals surface area contributed by atoms with Gasteiger partial charge in [0.15, 0.2) is 11.5 Å². The number of piperidine rings is 1. The van der Waals surface area contributed by atoms with Gasteiger partial charge in [0, 0.05) is 26.2 Å². The molecule has 1 fully saturated rings. The van der Waals surface area contributed by atoms with E-state index < -0.39 is 0 Å². The van der Waals surface area contributed by atoms with E-state index in [2.05, 4.69) is 4.90 Å². The molecule has 1 atom stereocenters. The molecule has 1 N–H and O–H groups in total. The molecule has 1 aliphatic rings. The van der Waals surface area contributed by atoms with Crippen molar-refractivity contribution in [2.24, 2.45) is 5.92 Å². The van der Waals surface area contributed by atoms with Crippen LogP contribution in [-0.2, 0) is 11.3 Å². The zero-order valence-electron chi connectivity index (χ0n) is 14.4. The van der Waals surface area contributed by atoms with Gasteiger partial charge < -0.3 is 14.7 Å². The number of carbonyl (C=O) groups excluding carboxylic acids is 1. The summed E-state index contributed by atoms with van der Waals surface area (Å²) in [4.78, 5) is 16.8. The summed E-state index contributed by atoms with van der Waals surface area (Å²) in [7, 11) is 1.54. The third-order valence-electron chi connectivity index (χ3n) is 4.58. The lowest BCUT2D eigenvalue weighted by molar-refractivity contribution is -0.137. The number of aromatic hydroxyl groups is 1. The topological polar surface area (TPSA) is 53.0 Å². The van der Waals surface area contributed by atoms with Crippen molar-refractivity contribution in [3.63, 3.8) is 0 Å². The van der Waals surface area contributed by atoms with Gasteiger partial charge in [-0.05, 0) is 50.9 Å². The number of methoxy groups -OCH3 is 1. The smallest absolute Gasteiger partial charge is 0.226 e. The third kappa shape index (κ3) is 4.38. The molecular weight excluding hydrogens is 292 g/mol. The molecule has 1 saturated heterocycles. The fourth-order valence-corrected chi connectivity index (χ4v) is 3.29. The minimum atomic E-state index is 0.0931. The molecule has 0 aromatic heterocycles. The van der Waals surface area contributed by atoms with Gasteiger partial charge in [-0.15, -0.1) is 0 Å². The van der Waals surface area contributed by atoms with E-state index in [4.69, 9.17) is 4.74 Å². The van der Waals surface area contributed by atoms with Crippen LogP contribution in [0.1, 0.15) is 32.3 Å². The molecule has 1 amide bonds. The maximum absolute atomic E-state index is 12.5. The Morgan fingerprint density at radius 1 is 1.39 bits per heavy atom. The van der Waals surface area contributed by atoms with Crippen molar-refractivity contribution in [2.45, 2.75) is 33.2 Å². The zero-order valence-corrected chi connectivity index (χ0v) is 14.4. The number of hydrogen-bond acceptors (Lipinski definition) is 4. The number of amides is 1. The van der Waals surface area contributed by atoms with E-state index in [1.807, 2.05) is 24.8 Å². The highest BCUT2D eigenvalue weighted by Crippen LogP contribution is 2.28. The van der Waals surface area contributed by atoms with Crippen molar-refractivity contribution < 1.29 is 14.6 Å². The average Bonchev–Trinajstić information content (AvgIpc) is 2.56. The first-order valence-electron chi connectivity index (χ1n) is 8.46. The molecule has 0 unspecified atom stereocenters. The lowest BCUT2D eigenvalue weighted by Crippen LogP contribution is -2.44. The number of phenols is 1. The van der Waals surface area contributed by atoms with Crippen molar-refractivity contribution >= 4 is 5.91 Å². The highest BCUT2D eigenvalue weighted by Gasteiger charge is 2.28. The highest BCUT2D eigenvalue weighted by molar-refractivity contribution is 5.79. The van der Waals surface area contributed by atoms with Gasteiger partial charge in [-0.25, -0.2) is 0 Å². The summed E-state index contributed by atoms with van der Waals surface area (Å²) in [5, 5.41) is 9.89. The lowest BCUT2D eigenvalue weighted by Gasteiger charge is -2.34. The molecule has 1 aliphatic heterocycles. The van der Waals surface area contributed by atoms with Crippen molar-refractivity contribution in [3.05, 3.63) is 23.8 Å². The molecule has 5 nitrogen and oxygen atoms in total. The van der Waals surface area contributed by atoms with Crippen LogP contribution in [-0.4, -0.2) is 54.1 Å². The van der Waals surface area contributed by atoms with Crippen LogP contribution in [0.25, 0.3) is 0 Å². The molecule has 1 aromatic carbocycles. The molecule has 0 aliphatic carbocycles. The Morgan fingerprint density at radius 3 is 2.74 bits per heavy atom. The highest BCUT2D eigenvalue weighted by atomic mass is 16.5. The Kier molecular flexibility index (Phi) is 6.28. The summed E-state index contributed by atoms with van der Waals surface area (Å²) < 4.78 is 5.08. The second-order valence-corrected chi connectivity index (χ2v) is 6.09. The molecule has 2 rings (SSSR count). The van der Waals surface area contributed by atoms with E-state index in [1.165, 1.54) is 0 Å². The van der Waals surface area contributed by atoms with Crippen molar-refractivity contribution in [3.8, 4) is 11.5 Å². The second kappa shape index (κ2) is 8.20. The molecule has 1 aromatic rings. The number of benzene rings is 1. The Morgan fingerprint density at radius 2 is 2.13 bits per heavy atom. The minimum Gasteiger partial charge on any atom is -0.504 e. The Hall–Kier alpha value is -1.75. The molecule has 1 heterocycles. The Bertz CT molecular complexity index is 529. The Balaban J connectivity index is 1.98. The van der Waals surface area contributed by atoms with Crippen molar-refractivity contribution in [1.29, 1.82) is 0 Å². The maximum Gasteiger partial charge on any atom is 0.226 e. The van der Waals surface area contributed by atoms with Gasteiger partial charge in [-0.2, -0.15) is 0 Å². The molecule has 0 radical (unpaired) electrons. The van der Waals surface area contributed by atoms with Crippen LogP contribution < -0.4 is 4.74 Å². The fraction of sp³-hybridized carbons (Fsp3) is 0.611. The number of phenolic OH excluding ortho intramolecular Hbond substituents is 1. The predicted molar refractivity (Wildman–Crippen MR) is 90.6 cm³/mol. The van der Waals surface area contributed by atoms with Crippen LogP contribution in [0.15, 0.2) is 18.2 Å². The summed E-state index contributed by atoms with van der Waals surface area (Å²) in [6.07, 6.45) is 2.01. The molecular formula is C18H28N2O3. The van der Waals surface area contributed by atoms with E-state index in [0.29, 0.717) is 5.75 Å². The van der Waals surface area contributed by atoms with Gasteiger partial charge in [-0.1, -0.05) is 6.07 Å². The number of carbonyl (C=O) groups is 1. The first-order chi connectivity index (χ1) is 11.1. The van der Waals surface area contributed by atoms with E-state index >= 15 is 0 Å². The van der Waals surface area contributed by atoms with Gasteiger partial charge in [0.2, 0.25) is 5.91 Å². The fourth-order valence-electron chi connectivity index (χ4n) is 3.29. The van der Waals surface area contributed by atoms with E-state index in [-0.39, 0.29) is 17.6 Å². The van der Waals surface area contributed by atoms with Gasteiger partial charge in [0.05, 0.1) is 13.0 Å². The van der Waals surface area contributed by atoms with Crippen LogP contribution in [0, 0.1) is 5.92 Å². The number of nitrogens with zero attached hydrogens (tertiary/aromatic N) is 2. The van der Waals surface area contributed by atoms with Crippen molar-refractivity contribution in [2.75, 3.05) is 33.3 Å². The summed E-state index contributed by atoms with van der Waals surface area (Å²) in [5.74, 6) is 1.02. The second-order valence-electron chi connectivity index (χ2n) is 6.09. The summed E-state index contributed by atoms with van der Waals surface area (Å²) in [5.41, 5.74) is 1.04. The SMILES string of the molecule is CCN(CC)C(=O)[C@@H]1CCCN(Cc2ccc(OC)c(O)c2)C1. The Labute approximate surface area is 138 Å². The maximum atomic E-state index is 12.5. The van der Waals surface area contributed by atoms with Gasteiger partial charge in [-0.3, -0.25) is 9.69 Å². The number of hydrogen-bond donors (Lipinski definition) is 1. The summed E-state index contributed by atoms with van der Waals surface area (Å²) in [6, 6.07) is 5.50. The van der Waals surface area contributed by atoms with Gasteiger partial charge in [0.1, 0.15) is 0 Å². The van der Waals surface area contributed by atoms with Gasteiger partial charge in [0.25, 0.3) is 0 Å². The lowest BCUT2D eigenvalue weighted by atomic mass is 9.96. The van der Waals surface area contributed by atoms with E-state index in [1.54, 1.807) is 19.2 Å². The minimum absolute atomic E-state index is 0.0931. The van der Waals surface area contributed by atoms with Crippen molar-refractivity contribution in [1.82, 2.24) is 9.80 Å². The zero-order chi connectivity index (χ0) is 16.8. The predicted octanol–water partition coefficient (Wildman–Crippen LogP) is 2.48. The van der Waals surface area contributed by atoms with Crippen LogP contribution >= 0.6 is 0 Å². The summed E-state index contributed by atoms with van der Waals surface area (Å²) in [6.45, 7) is 8.15. The van der Waals surface area contributed by atoms with Gasteiger partial charge >= 0.3 is 0 Å². The van der Waals surface area contributed by atoms with Crippen LogP contribution in [0.3, 0.4) is 0 Å². The molecule has 23 heavy (non-hydrogen) atoms. The number of rotatable bonds is 6. The monoisotopic (exact) mass is 320 g/mol. The first kappa shape index (κ1) is 17.6. The largest absolute Gasteiger partial charge is 0.504 e. The normalized spacial score (nSPS) is 18.7. The molecule has 128 valence electrons. The van der Waals surface area contributed by atoms with Crippen LogP contribution in [0.4, 0.5) is 0 Å². The van der Waals surface area contributed by atoms with Crippen LogP contribution in [0.2, 0.25) is 0 Å². The number of likely N-dealkylation sites (tertiary alicyclic amines) is 1. The third-order valence-corrected chi connectivity index (χ3v) is 4.58. The molecule has 0 bridgehead atoms. The summed E-state index contributed by atoms with van der Waals surface area (Å²) >= 11 is 0. The molecule has 0 saturated carbocycles.